The maximum atomic E-state index is 13.6. The second-order valence-corrected chi connectivity index (χ2v) is 11.3. The monoisotopic (exact) mass is 510 g/mol. The molecule has 2 amide bonds. The summed E-state index contributed by atoms with van der Waals surface area (Å²) in [6.45, 7) is 10.1. The summed E-state index contributed by atoms with van der Waals surface area (Å²) in [4.78, 5) is 17.9. The van der Waals surface area contributed by atoms with Crippen LogP contribution in [0.5, 0.6) is 0 Å². The van der Waals surface area contributed by atoms with E-state index in [1.807, 2.05) is 23.1 Å². The van der Waals surface area contributed by atoms with Crippen molar-refractivity contribution >= 4 is 23.3 Å². The lowest BCUT2D eigenvalue weighted by Gasteiger charge is -2.39. The van der Waals surface area contributed by atoms with E-state index >= 15 is 0 Å². The van der Waals surface area contributed by atoms with E-state index in [-0.39, 0.29) is 22.5 Å². The topological polar surface area (TPSA) is 59.4 Å². The fourth-order valence-electron chi connectivity index (χ4n) is 6.10. The first kappa shape index (κ1) is 26.4. The number of rotatable bonds is 8. The zero-order chi connectivity index (χ0) is 26.0. The number of fused-ring (bicyclic) bond motifs is 1. The molecule has 5 nitrogen and oxygen atoms in total. The summed E-state index contributed by atoms with van der Waals surface area (Å²) >= 11 is 5.95. The van der Waals surface area contributed by atoms with E-state index in [2.05, 4.69) is 50.0 Å². The lowest BCUT2D eigenvalue weighted by molar-refractivity contribution is 0.120. The summed E-state index contributed by atoms with van der Waals surface area (Å²) in [7, 11) is 0. The number of benzene rings is 2. The van der Waals surface area contributed by atoms with E-state index in [0.717, 1.165) is 32.2 Å². The van der Waals surface area contributed by atoms with Gasteiger partial charge in [0.1, 0.15) is 5.82 Å². The van der Waals surface area contributed by atoms with Crippen LogP contribution in [0.15, 0.2) is 42.5 Å². The van der Waals surface area contributed by atoms with Crippen LogP contribution in [0, 0.1) is 23.1 Å². The summed E-state index contributed by atoms with van der Waals surface area (Å²) in [5.74, 6) is 0.000843. The minimum atomic E-state index is -0.506. The minimum Gasteiger partial charge on any atom is -0.320 e. The molecule has 0 saturated heterocycles. The van der Waals surface area contributed by atoms with Crippen LogP contribution in [-0.4, -0.2) is 47.0 Å². The molecule has 0 radical (unpaired) electrons. The SMILES string of the molecule is CC(C)N(CCN(C(=O)Nc1ccc(F)c(Cl)c1)[C@@H]1CC[C@]2(c3cccc(C#N)c3)CC2C1)C(C)C. The first-order valence-electron chi connectivity index (χ1n) is 12.9. The fraction of sp³-hybridized carbons (Fsp3) is 0.517. The Morgan fingerprint density at radius 3 is 2.58 bits per heavy atom. The number of halogens is 2. The van der Waals surface area contributed by atoms with Gasteiger partial charge in [0.2, 0.25) is 0 Å². The maximum absolute atomic E-state index is 13.6. The lowest BCUT2D eigenvalue weighted by Crippen LogP contribution is -2.50. The molecule has 36 heavy (non-hydrogen) atoms. The molecule has 1 N–H and O–H groups in total. The molecule has 0 spiro atoms. The second kappa shape index (κ2) is 10.8. The van der Waals surface area contributed by atoms with Crippen LogP contribution in [0.25, 0.3) is 0 Å². The van der Waals surface area contributed by atoms with E-state index in [1.165, 1.54) is 17.7 Å². The number of anilines is 1. The van der Waals surface area contributed by atoms with Gasteiger partial charge in [-0.2, -0.15) is 5.26 Å². The summed E-state index contributed by atoms with van der Waals surface area (Å²) in [5, 5.41) is 12.3. The number of nitrogens with zero attached hydrogens (tertiary/aromatic N) is 3. The van der Waals surface area contributed by atoms with Gasteiger partial charge < -0.3 is 10.2 Å². The largest absolute Gasteiger partial charge is 0.322 e. The molecule has 192 valence electrons. The van der Waals surface area contributed by atoms with Crippen molar-refractivity contribution in [2.75, 3.05) is 18.4 Å². The van der Waals surface area contributed by atoms with Gasteiger partial charge in [-0.25, -0.2) is 9.18 Å². The second-order valence-electron chi connectivity index (χ2n) is 10.9. The molecular weight excluding hydrogens is 475 g/mol. The Kier molecular flexibility index (Phi) is 7.92. The molecule has 0 aliphatic heterocycles. The van der Waals surface area contributed by atoms with Crippen molar-refractivity contribution in [1.82, 2.24) is 9.80 Å². The third kappa shape index (κ3) is 5.53. The molecule has 3 atom stereocenters. The molecule has 2 aromatic carbocycles. The van der Waals surface area contributed by atoms with Gasteiger partial charge in [-0.1, -0.05) is 23.7 Å². The van der Waals surface area contributed by atoms with E-state index in [1.54, 1.807) is 6.07 Å². The molecule has 7 heteroatoms. The molecule has 2 aromatic rings. The quantitative estimate of drug-likeness (QED) is 0.424. The smallest absolute Gasteiger partial charge is 0.320 e. The van der Waals surface area contributed by atoms with Crippen molar-refractivity contribution in [1.29, 1.82) is 5.26 Å². The van der Waals surface area contributed by atoms with E-state index in [9.17, 15) is 14.4 Å². The lowest BCUT2D eigenvalue weighted by atomic mass is 9.80. The molecule has 2 aliphatic carbocycles. The highest BCUT2D eigenvalue weighted by Crippen LogP contribution is 2.62. The van der Waals surface area contributed by atoms with Crippen molar-refractivity contribution < 1.29 is 9.18 Å². The third-order valence-electron chi connectivity index (χ3n) is 8.08. The zero-order valence-electron chi connectivity index (χ0n) is 21.6. The van der Waals surface area contributed by atoms with E-state index < -0.39 is 5.82 Å². The highest BCUT2D eigenvalue weighted by molar-refractivity contribution is 6.31. The van der Waals surface area contributed by atoms with Gasteiger partial charge in [-0.05, 0) is 101 Å². The number of nitriles is 1. The van der Waals surface area contributed by atoms with Gasteiger partial charge in [0.15, 0.2) is 0 Å². The van der Waals surface area contributed by atoms with Crippen LogP contribution in [0.3, 0.4) is 0 Å². The fourth-order valence-corrected chi connectivity index (χ4v) is 6.28. The number of carbonyl (C=O) groups is 1. The van der Waals surface area contributed by atoms with Crippen LogP contribution >= 0.6 is 11.6 Å². The Labute approximate surface area is 219 Å². The maximum Gasteiger partial charge on any atom is 0.322 e. The van der Waals surface area contributed by atoms with E-state index in [4.69, 9.17) is 11.6 Å². The van der Waals surface area contributed by atoms with Gasteiger partial charge in [-0.3, -0.25) is 4.90 Å². The molecule has 0 heterocycles. The highest BCUT2D eigenvalue weighted by atomic mass is 35.5. The number of carbonyl (C=O) groups excluding carboxylic acids is 1. The molecule has 0 bridgehead atoms. The van der Waals surface area contributed by atoms with Gasteiger partial charge >= 0.3 is 6.03 Å². The molecule has 0 aromatic heterocycles. The highest BCUT2D eigenvalue weighted by Gasteiger charge is 2.58. The van der Waals surface area contributed by atoms with Crippen LogP contribution in [0.1, 0.15) is 64.5 Å². The van der Waals surface area contributed by atoms with Crippen molar-refractivity contribution in [2.24, 2.45) is 5.92 Å². The molecule has 4 rings (SSSR count). The Morgan fingerprint density at radius 1 is 1.19 bits per heavy atom. The first-order chi connectivity index (χ1) is 17.1. The average molecular weight is 511 g/mol. The van der Waals surface area contributed by atoms with Gasteiger partial charge in [-0.15, -0.1) is 0 Å². The Bertz CT molecular complexity index is 1140. The number of hydrogen-bond acceptors (Lipinski definition) is 3. The molecule has 2 fully saturated rings. The normalized spacial score (nSPS) is 22.9. The zero-order valence-corrected chi connectivity index (χ0v) is 22.4. The number of amides is 2. The number of hydrogen-bond donors (Lipinski definition) is 1. The number of nitrogens with one attached hydrogen (secondary N) is 1. The van der Waals surface area contributed by atoms with E-state index in [0.29, 0.717) is 35.8 Å². The van der Waals surface area contributed by atoms with Gasteiger partial charge in [0, 0.05) is 36.9 Å². The molecule has 2 saturated carbocycles. The Balaban J connectivity index is 1.51. The first-order valence-corrected chi connectivity index (χ1v) is 13.3. The van der Waals surface area contributed by atoms with Crippen LogP contribution in [0.4, 0.5) is 14.9 Å². The van der Waals surface area contributed by atoms with Crippen LogP contribution < -0.4 is 5.32 Å². The molecular formula is C29H36ClFN4O. The van der Waals surface area contributed by atoms with Crippen molar-refractivity contribution in [3.8, 4) is 6.07 Å². The Morgan fingerprint density at radius 2 is 1.94 bits per heavy atom. The molecule has 1 unspecified atom stereocenters. The average Bonchev–Trinajstić information content (AvgIpc) is 3.59. The summed E-state index contributed by atoms with van der Waals surface area (Å²) < 4.78 is 13.6. The summed E-state index contributed by atoms with van der Waals surface area (Å²) in [5.41, 5.74) is 2.59. The molecule has 2 aliphatic rings. The number of urea groups is 1. The predicted octanol–water partition coefficient (Wildman–Crippen LogP) is 6.81. The van der Waals surface area contributed by atoms with Gasteiger partial charge in [0.25, 0.3) is 0 Å². The van der Waals surface area contributed by atoms with Gasteiger partial charge in [0.05, 0.1) is 16.7 Å². The summed E-state index contributed by atoms with van der Waals surface area (Å²) in [6.07, 6.45) is 3.96. The van der Waals surface area contributed by atoms with Crippen LogP contribution in [-0.2, 0) is 5.41 Å². The standard InChI is InChI=1S/C29H36ClFN4O/c1-19(2)34(20(3)4)12-13-35(28(36)33-24-8-9-27(31)26(30)16-24)25-10-11-29(17-23(29)15-25)22-7-5-6-21(14-22)18-32/h5-9,14,16,19-20,23,25H,10-13,15,17H2,1-4H3,(H,33,36)/t23?,25-,29-/m1/s1. The Hall–Kier alpha value is -2.62. The summed E-state index contributed by atoms with van der Waals surface area (Å²) in [6, 6.07) is 15.2. The predicted molar refractivity (Wildman–Crippen MR) is 143 cm³/mol. The minimum absolute atomic E-state index is 0.00910. The third-order valence-corrected chi connectivity index (χ3v) is 8.37. The van der Waals surface area contributed by atoms with Crippen LogP contribution in [0.2, 0.25) is 5.02 Å². The van der Waals surface area contributed by atoms with Crippen molar-refractivity contribution in [2.45, 2.75) is 76.9 Å². The van der Waals surface area contributed by atoms with Crippen molar-refractivity contribution in [3.63, 3.8) is 0 Å². The van der Waals surface area contributed by atoms with Crippen molar-refractivity contribution in [3.05, 3.63) is 64.4 Å².